The van der Waals surface area contributed by atoms with Crippen molar-refractivity contribution in [3.8, 4) is 6.07 Å². The largest absolute Gasteiger partial charge is 0.465 e. The highest BCUT2D eigenvalue weighted by atomic mass is 32.2. The third kappa shape index (κ3) is 4.37. The summed E-state index contributed by atoms with van der Waals surface area (Å²) in [5.41, 5.74) is 0.262. The lowest BCUT2D eigenvalue weighted by molar-refractivity contribution is -0.113. The molecule has 1 rings (SSSR count). The van der Waals surface area contributed by atoms with Gasteiger partial charge in [0.1, 0.15) is 11.5 Å². The van der Waals surface area contributed by atoms with Gasteiger partial charge >= 0.3 is 5.97 Å². The fourth-order valence-electron chi connectivity index (χ4n) is 1.42. The number of nitrogens with zero attached hydrogens (tertiary/aromatic N) is 1. The first-order valence-corrected chi connectivity index (χ1v) is 7.26. The summed E-state index contributed by atoms with van der Waals surface area (Å²) in [6, 6.07) is 7.51. The molecule has 7 nitrogen and oxygen atoms in total. The molecular weight excluding hydrogens is 284 g/mol. The lowest BCUT2D eigenvalue weighted by Crippen LogP contribution is -2.25. The SMILES string of the molecule is COC(=O)c1ccccc1NC(=O)CS(=O)(=O)CC#N. The Balaban J connectivity index is 2.87. The van der Waals surface area contributed by atoms with E-state index in [-0.39, 0.29) is 11.3 Å². The van der Waals surface area contributed by atoms with E-state index in [0.717, 1.165) is 0 Å². The van der Waals surface area contributed by atoms with Gasteiger partial charge in [0, 0.05) is 0 Å². The molecule has 0 aliphatic carbocycles. The lowest BCUT2D eigenvalue weighted by atomic mass is 10.2. The van der Waals surface area contributed by atoms with Crippen molar-refractivity contribution in [2.75, 3.05) is 23.9 Å². The molecule has 0 saturated carbocycles. The molecule has 0 radical (unpaired) electrons. The quantitative estimate of drug-likeness (QED) is 0.784. The number of carbonyl (C=O) groups is 2. The molecule has 0 aliphatic rings. The summed E-state index contributed by atoms with van der Waals surface area (Å²) in [7, 11) is -2.59. The summed E-state index contributed by atoms with van der Waals surface area (Å²) in [6.45, 7) is 0. The maximum Gasteiger partial charge on any atom is 0.339 e. The normalized spacial score (nSPS) is 10.4. The Kier molecular flexibility index (Phi) is 5.23. The zero-order chi connectivity index (χ0) is 15.2. The maximum atomic E-state index is 11.6. The average molecular weight is 296 g/mol. The number of hydrogen-bond donors (Lipinski definition) is 1. The van der Waals surface area contributed by atoms with Gasteiger partial charge < -0.3 is 10.1 Å². The third-order valence-electron chi connectivity index (χ3n) is 2.24. The van der Waals surface area contributed by atoms with E-state index < -0.39 is 33.2 Å². The Morgan fingerprint density at radius 3 is 2.60 bits per heavy atom. The van der Waals surface area contributed by atoms with Gasteiger partial charge in [0.15, 0.2) is 9.84 Å². The van der Waals surface area contributed by atoms with Crippen LogP contribution in [0.2, 0.25) is 0 Å². The predicted molar refractivity (Wildman–Crippen MR) is 70.7 cm³/mol. The summed E-state index contributed by atoms with van der Waals surface area (Å²) in [4.78, 5) is 23.1. The van der Waals surface area contributed by atoms with E-state index >= 15 is 0 Å². The van der Waals surface area contributed by atoms with Crippen LogP contribution in [0.3, 0.4) is 0 Å². The van der Waals surface area contributed by atoms with Crippen molar-refractivity contribution in [1.29, 1.82) is 5.26 Å². The molecule has 0 unspecified atom stereocenters. The number of anilines is 1. The van der Waals surface area contributed by atoms with Crippen LogP contribution in [0.1, 0.15) is 10.4 Å². The van der Waals surface area contributed by atoms with Crippen molar-refractivity contribution < 1.29 is 22.7 Å². The van der Waals surface area contributed by atoms with Crippen LogP contribution in [0.4, 0.5) is 5.69 Å². The van der Waals surface area contributed by atoms with E-state index in [1.54, 1.807) is 12.1 Å². The number of benzene rings is 1. The number of para-hydroxylation sites is 1. The van der Waals surface area contributed by atoms with Gasteiger partial charge in [0.25, 0.3) is 0 Å². The minimum absolute atomic E-state index is 0.112. The monoisotopic (exact) mass is 296 g/mol. The number of rotatable bonds is 5. The van der Waals surface area contributed by atoms with Gasteiger partial charge in [-0.2, -0.15) is 5.26 Å². The number of hydrogen-bond acceptors (Lipinski definition) is 6. The van der Waals surface area contributed by atoms with Gasteiger partial charge in [-0.25, -0.2) is 13.2 Å². The molecule has 1 aromatic carbocycles. The molecule has 0 heterocycles. The first-order valence-electron chi connectivity index (χ1n) is 5.44. The van der Waals surface area contributed by atoms with Gasteiger partial charge in [0.2, 0.25) is 5.91 Å². The average Bonchev–Trinajstić information content (AvgIpc) is 2.37. The summed E-state index contributed by atoms with van der Waals surface area (Å²) < 4.78 is 27.2. The lowest BCUT2D eigenvalue weighted by Gasteiger charge is -2.09. The Bertz CT molecular complexity index is 661. The number of nitrogens with one attached hydrogen (secondary N) is 1. The molecule has 8 heteroatoms. The van der Waals surface area contributed by atoms with Crippen molar-refractivity contribution in [2.45, 2.75) is 0 Å². The fraction of sp³-hybridized carbons (Fsp3) is 0.250. The number of esters is 1. The molecule has 1 N–H and O–H groups in total. The van der Waals surface area contributed by atoms with Crippen molar-refractivity contribution in [1.82, 2.24) is 0 Å². The van der Waals surface area contributed by atoms with Crippen molar-refractivity contribution in [3.05, 3.63) is 29.8 Å². The van der Waals surface area contributed by atoms with E-state index in [4.69, 9.17) is 5.26 Å². The van der Waals surface area contributed by atoms with E-state index in [1.807, 2.05) is 0 Å². The number of methoxy groups -OCH3 is 1. The second-order valence-electron chi connectivity index (χ2n) is 3.78. The summed E-state index contributed by atoms with van der Waals surface area (Å²) in [5.74, 6) is -3.04. The molecule has 0 spiro atoms. The molecule has 0 atom stereocenters. The van der Waals surface area contributed by atoms with E-state index in [9.17, 15) is 18.0 Å². The third-order valence-corrected chi connectivity index (χ3v) is 3.51. The number of sulfone groups is 1. The second-order valence-corrected chi connectivity index (χ2v) is 5.84. The van der Waals surface area contributed by atoms with Crippen molar-refractivity contribution in [3.63, 3.8) is 0 Å². The smallest absolute Gasteiger partial charge is 0.339 e. The highest BCUT2D eigenvalue weighted by Crippen LogP contribution is 2.16. The van der Waals surface area contributed by atoms with Crippen molar-refractivity contribution in [2.24, 2.45) is 0 Å². The van der Waals surface area contributed by atoms with Gasteiger partial charge in [0.05, 0.1) is 24.4 Å². The second kappa shape index (κ2) is 6.68. The zero-order valence-electron chi connectivity index (χ0n) is 10.6. The summed E-state index contributed by atoms with van der Waals surface area (Å²) in [5, 5.41) is 10.6. The van der Waals surface area contributed by atoms with E-state index in [1.165, 1.54) is 25.3 Å². The minimum atomic E-state index is -3.78. The number of ether oxygens (including phenoxy) is 1. The first-order chi connectivity index (χ1) is 9.39. The maximum absolute atomic E-state index is 11.6. The number of carbonyl (C=O) groups excluding carboxylic acids is 2. The van der Waals surface area contributed by atoms with Crippen LogP contribution in [0.25, 0.3) is 0 Å². The fourth-order valence-corrected chi connectivity index (χ4v) is 2.19. The Morgan fingerprint density at radius 1 is 1.35 bits per heavy atom. The van der Waals surface area contributed by atoms with Crippen LogP contribution in [-0.2, 0) is 19.4 Å². The highest BCUT2D eigenvalue weighted by Gasteiger charge is 2.18. The Hall–Kier alpha value is -2.40. The molecule has 1 aromatic rings. The van der Waals surface area contributed by atoms with E-state index in [0.29, 0.717) is 0 Å². The standard InChI is InChI=1S/C12H12N2O5S/c1-19-12(16)9-4-2-3-5-10(9)14-11(15)8-20(17,18)7-6-13/h2-5H,7-8H2,1H3,(H,14,15). The van der Waals surface area contributed by atoms with Crippen LogP contribution in [0.15, 0.2) is 24.3 Å². The molecule has 0 aromatic heterocycles. The first kappa shape index (κ1) is 15.7. The van der Waals surface area contributed by atoms with Crippen LogP contribution < -0.4 is 5.32 Å². The van der Waals surface area contributed by atoms with Gasteiger partial charge in [-0.15, -0.1) is 0 Å². The summed E-state index contributed by atoms with van der Waals surface area (Å²) in [6.07, 6.45) is 0. The number of nitriles is 1. The Labute approximate surface area is 116 Å². The summed E-state index contributed by atoms with van der Waals surface area (Å²) >= 11 is 0. The topological polar surface area (TPSA) is 113 Å². The van der Waals surface area contributed by atoms with Crippen LogP contribution in [0.5, 0.6) is 0 Å². The molecule has 0 bridgehead atoms. The zero-order valence-corrected chi connectivity index (χ0v) is 11.4. The van der Waals surface area contributed by atoms with Gasteiger partial charge in [-0.1, -0.05) is 12.1 Å². The van der Waals surface area contributed by atoms with Crippen LogP contribution in [0, 0.1) is 11.3 Å². The van der Waals surface area contributed by atoms with E-state index in [2.05, 4.69) is 10.1 Å². The molecular formula is C12H12N2O5S. The molecule has 106 valence electrons. The van der Waals surface area contributed by atoms with Gasteiger partial charge in [-0.05, 0) is 12.1 Å². The van der Waals surface area contributed by atoms with Crippen LogP contribution >= 0.6 is 0 Å². The van der Waals surface area contributed by atoms with Crippen LogP contribution in [-0.4, -0.2) is 38.9 Å². The molecule has 0 saturated heterocycles. The molecule has 1 amide bonds. The number of amides is 1. The van der Waals surface area contributed by atoms with Crippen molar-refractivity contribution >= 4 is 27.4 Å². The minimum Gasteiger partial charge on any atom is -0.465 e. The predicted octanol–water partition coefficient (Wildman–Crippen LogP) is 0.350. The Morgan fingerprint density at radius 2 is 2.00 bits per heavy atom. The van der Waals surface area contributed by atoms with Gasteiger partial charge in [-0.3, -0.25) is 4.79 Å². The molecule has 0 aliphatic heterocycles. The molecule has 0 fully saturated rings. The highest BCUT2D eigenvalue weighted by molar-refractivity contribution is 7.92. The molecule has 20 heavy (non-hydrogen) atoms.